The summed E-state index contributed by atoms with van der Waals surface area (Å²) in [6.45, 7) is 1.05. The smallest absolute Gasteiger partial charge is 0.344 e. The summed E-state index contributed by atoms with van der Waals surface area (Å²) in [4.78, 5) is 60.8. The quantitative estimate of drug-likeness (QED) is 0.361. The molecule has 1 aromatic carbocycles. The molecule has 10 nitrogen and oxygen atoms in total. The zero-order valence-electron chi connectivity index (χ0n) is 17.4. The lowest BCUT2D eigenvalue weighted by molar-refractivity contribution is -0.141. The highest BCUT2D eigenvalue weighted by molar-refractivity contribution is 6.35. The number of imide groups is 1. The molecule has 31 heavy (non-hydrogen) atoms. The second-order valence-corrected chi connectivity index (χ2v) is 8.06. The molecule has 6 amide bonds. The molecule has 2 fully saturated rings. The van der Waals surface area contributed by atoms with Crippen LogP contribution in [0.4, 0.5) is 4.79 Å². The van der Waals surface area contributed by atoms with Gasteiger partial charge in [0.1, 0.15) is 5.54 Å². The van der Waals surface area contributed by atoms with Crippen molar-refractivity contribution in [3.8, 4) is 0 Å². The van der Waals surface area contributed by atoms with Crippen molar-refractivity contribution in [1.29, 1.82) is 0 Å². The standard InChI is InChI=1S/C21H27N5O5/c1-21(12-11-14-7-3-2-4-8-14)19(30)26(20(31)24-21)25-16(27)13-22-17(28)18(29)23-15-9-5-6-10-15/h2-4,7-8,15H,5-6,9-13H2,1H3,(H,22,28)(H,23,29)(H,24,31)(H,25,27)/t21-/m1/s1. The zero-order chi connectivity index (χ0) is 22.4. The summed E-state index contributed by atoms with van der Waals surface area (Å²) in [5, 5.41) is 8.02. The molecule has 1 aliphatic carbocycles. The van der Waals surface area contributed by atoms with Gasteiger partial charge in [0.2, 0.25) is 0 Å². The summed E-state index contributed by atoms with van der Waals surface area (Å²) in [5.41, 5.74) is 2.04. The second kappa shape index (κ2) is 9.59. The maximum absolute atomic E-state index is 12.7. The topological polar surface area (TPSA) is 137 Å². The SMILES string of the molecule is C[C@]1(CCc2ccccc2)NC(=O)N(NC(=O)CNC(=O)C(=O)NC2CCCC2)C1=O. The fourth-order valence-corrected chi connectivity index (χ4v) is 3.72. The number of carbonyl (C=O) groups excluding carboxylic acids is 5. The summed E-state index contributed by atoms with van der Waals surface area (Å²) >= 11 is 0. The van der Waals surface area contributed by atoms with Crippen LogP contribution in [0.1, 0.15) is 44.6 Å². The van der Waals surface area contributed by atoms with Gasteiger partial charge in [0.15, 0.2) is 0 Å². The van der Waals surface area contributed by atoms with E-state index < -0.39 is 41.7 Å². The lowest BCUT2D eigenvalue weighted by Gasteiger charge is -2.21. The Balaban J connectivity index is 1.46. The number of hydrogen-bond donors (Lipinski definition) is 4. The van der Waals surface area contributed by atoms with E-state index in [1.165, 1.54) is 0 Å². The number of nitrogens with zero attached hydrogens (tertiary/aromatic N) is 1. The van der Waals surface area contributed by atoms with E-state index in [9.17, 15) is 24.0 Å². The molecule has 2 aliphatic rings. The van der Waals surface area contributed by atoms with Gasteiger partial charge < -0.3 is 16.0 Å². The first-order valence-electron chi connectivity index (χ1n) is 10.4. The van der Waals surface area contributed by atoms with Crippen LogP contribution in [0.15, 0.2) is 30.3 Å². The third kappa shape index (κ3) is 5.59. The monoisotopic (exact) mass is 429 g/mol. The number of hydrogen-bond acceptors (Lipinski definition) is 5. The molecule has 1 heterocycles. The van der Waals surface area contributed by atoms with E-state index in [4.69, 9.17) is 0 Å². The van der Waals surface area contributed by atoms with Crippen molar-refractivity contribution in [2.24, 2.45) is 0 Å². The average molecular weight is 429 g/mol. The Hall–Kier alpha value is -3.43. The van der Waals surface area contributed by atoms with Crippen molar-refractivity contribution in [1.82, 2.24) is 26.4 Å². The number of nitrogens with one attached hydrogen (secondary N) is 4. The van der Waals surface area contributed by atoms with Gasteiger partial charge in [-0.3, -0.25) is 24.6 Å². The molecule has 0 unspecified atom stereocenters. The lowest BCUT2D eigenvalue weighted by atomic mass is 9.93. The largest absolute Gasteiger partial charge is 0.345 e. The lowest BCUT2D eigenvalue weighted by Crippen LogP contribution is -2.52. The van der Waals surface area contributed by atoms with Crippen LogP contribution in [0.3, 0.4) is 0 Å². The van der Waals surface area contributed by atoms with Gasteiger partial charge in [0.25, 0.3) is 11.8 Å². The molecule has 1 atom stereocenters. The van der Waals surface area contributed by atoms with E-state index in [-0.39, 0.29) is 6.04 Å². The fraction of sp³-hybridized carbons (Fsp3) is 0.476. The molecule has 1 aliphatic heterocycles. The van der Waals surface area contributed by atoms with Crippen molar-refractivity contribution in [2.75, 3.05) is 6.54 Å². The first kappa shape index (κ1) is 22.3. The van der Waals surface area contributed by atoms with Crippen molar-refractivity contribution in [3.63, 3.8) is 0 Å². The molecule has 166 valence electrons. The van der Waals surface area contributed by atoms with Gasteiger partial charge in [-0.1, -0.05) is 43.2 Å². The predicted octanol–water partition coefficient (Wildman–Crippen LogP) is 0.136. The van der Waals surface area contributed by atoms with E-state index in [2.05, 4.69) is 21.4 Å². The highest BCUT2D eigenvalue weighted by atomic mass is 16.2. The first-order chi connectivity index (χ1) is 14.8. The fourth-order valence-electron chi connectivity index (χ4n) is 3.72. The van der Waals surface area contributed by atoms with Crippen LogP contribution < -0.4 is 21.4 Å². The van der Waals surface area contributed by atoms with Crippen LogP contribution in [0.25, 0.3) is 0 Å². The van der Waals surface area contributed by atoms with Crippen LogP contribution in [0.2, 0.25) is 0 Å². The molecule has 1 aromatic rings. The summed E-state index contributed by atoms with van der Waals surface area (Å²) in [6.07, 6.45) is 4.59. The van der Waals surface area contributed by atoms with Crippen LogP contribution in [0, 0.1) is 0 Å². The minimum atomic E-state index is -1.16. The molecular formula is C21H27N5O5. The van der Waals surface area contributed by atoms with Crippen LogP contribution in [0.5, 0.6) is 0 Å². The Morgan fingerprint density at radius 3 is 2.45 bits per heavy atom. The highest BCUT2D eigenvalue weighted by Crippen LogP contribution is 2.22. The Bertz CT molecular complexity index is 868. The summed E-state index contributed by atoms with van der Waals surface area (Å²) in [5.74, 6) is -3.12. The average Bonchev–Trinajstić information content (AvgIpc) is 3.34. The number of benzene rings is 1. The Morgan fingerprint density at radius 2 is 1.77 bits per heavy atom. The molecule has 3 rings (SSSR count). The van der Waals surface area contributed by atoms with Gasteiger partial charge in [-0.05, 0) is 38.2 Å². The normalized spacial score (nSPS) is 21.0. The molecule has 10 heteroatoms. The van der Waals surface area contributed by atoms with Gasteiger partial charge in [-0.2, -0.15) is 5.01 Å². The van der Waals surface area contributed by atoms with Gasteiger partial charge >= 0.3 is 17.8 Å². The van der Waals surface area contributed by atoms with Crippen molar-refractivity contribution in [3.05, 3.63) is 35.9 Å². The molecule has 1 saturated carbocycles. The van der Waals surface area contributed by atoms with Crippen molar-refractivity contribution >= 4 is 29.7 Å². The minimum absolute atomic E-state index is 0.0217. The maximum atomic E-state index is 12.7. The third-order valence-corrected chi connectivity index (χ3v) is 5.56. The third-order valence-electron chi connectivity index (χ3n) is 5.56. The molecule has 0 bridgehead atoms. The van der Waals surface area contributed by atoms with Crippen LogP contribution >= 0.6 is 0 Å². The van der Waals surface area contributed by atoms with E-state index >= 15 is 0 Å². The number of urea groups is 1. The van der Waals surface area contributed by atoms with Gasteiger partial charge in [-0.15, -0.1) is 0 Å². The Labute approximate surface area is 180 Å². The molecule has 1 saturated heterocycles. The van der Waals surface area contributed by atoms with Gasteiger partial charge in [-0.25, -0.2) is 4.79 Å². The molecular weight excluding hydrogens is 402 g/mol. The van der Waals surface area contributed by atoms with E-state index in [1.54, 1.807) is 6.92 Å². The van der Waals surface area contributed by atoms with Crippen LogP contribution in [-0.4, -0.2) is 52.8 Å². The number of rotatable bonds is 7. The minimum Gasteiger partial charge on any atom is -0.345 e. The zero-order valence-corrected chi connectivity index (χ0v) is 17.4. The van der Waals surface area contributed by atoms with Gasteiger partial charge in [0.05, 0.1) is 6.54 Å². The van der Waals surface area contributed by atoms with Gasteiger partial charge in [0, 0.05) is 6.04 Å². The number of aryl methyl sites for hydroxylation is 1. The van der Waals surface area contributed by atoms with E-state index in [0.717, 1.165) is 31.2 Å². The molecule has 0 spiro atoms. The number of hydrazine groups is 1. The molecule has 4 N–H and O–H groups in total. The first-order valence-corrected chi connectivity index (χ1v) is 10.4. The number of amides is 6. The Kier molecular flexibility index (Phi) is 6.88. The molecule has 0 aromatic heterocycles. The maximum Gasteiger partial charge on any atom is 0.344 e. The Morgan fingerprint density at radius 1 is 1.10 bits per heavy atom. The van der Waals surface area contributed by atoms with Crippen LogP contribution in [-0.2, 0) is 25.6 Å². The number of carbonyl (C=O) groups is 5. The van der Waals surface area contributed by atoms with Crippen molar-refractivity contribution in [2.45, 2.75) is 57.0 Å². The highest BCUT2D eigenvalue weighted by Gasteiger charge is 2.48. The summed E-state index contributed by atoms with van der Waals surface area (Å²) < 4.78 is 0. The van der Waals surface area contributed by atoms with E-state index in [1.807, 2.05) is 30.3 Å². The summed E-state index contributed by atoms with van der Waals surface area (Å²) in [6, 6.07) is 8.75. The van der Waals surface area contributed by atoms with E-state index in [0.29, 0.717) is 17.9 Å². The molecule has 0 radical (unpaired) electrons. The summed E-state index contributed by atoms with van der Waals surface area (Å²) in [7, 11) is 0. The second-order valence-electron chi connectivity index (χ2n) is 8.06. The van der Waals surface area contributed by atoms with Crippen molar-refractivity contribution < 1.29 is 24.0 Å². The predicted molar refractivity (Wildman–Crippen MR) is 110 cm³/mol.